The Bertz CT molecular complexity index is 379. The fraction of sp³-hybridized carbons (Fsp3) is 0.538. The summed E-state index contributed by atoms with van der Waals surface area (Å²) in [6.07, 6.45) is -0.0147. The highest BCUT2D eigenvalue weighted by molar-refractivity contribution is 6.18. The molecule has 1 aromatic carbocycles. The van der Waals surface area contributed by atoms with Crippen molar-refractivity contribution in [2.24, 2.45) is 0 Å². The molecule has 0 aliphatic rings. The Labute approximate surface area is 117 Å². The van der Waals surface area contributed by atoms with E-state index in [-0.39, 0.29) is 18.1 Å². The average molecular weight is 292 g/mol. The number of aliphatic hydroxyl groups is 1. The molecular weight excluding hydrogens is 273 g/mol. The first-order valence-electron chi connectivity index (χ1n) is 6.07. The van der Waals surface area contributed by atoms with Crippen LogP contribution in [-0.2, 0) is 4.74 Å². The van der Waals surface area contributed by atoms with Gasteiger partial charge in [0.1, 0.15) is 17.3 Å². The molecule has 0 fully saturated rings. The van der Waals surface area contributed by atoms with Gasteiger partial charge in [0.15, 0.2) is 0 Å². The van der Waals surface area contributed by atoms with E-state index >= 15 is 0 Å². The molecule has 1 rings (SSSR count). The third kappa shape index (κ3) is 5.63. The first-order chi connectivity index (χ1) is 9.19. The van der Waals surface area contributed by atoms with E-state index in [2.05, 4.69) is 5.32 Å². The van der Waals surface area contributed by atoms with Crippen molar-refractivity contribution in [3.63, 3.8) is 0 Å². The Morgan fingerprint density at radius 3 is 2.89 bits per heavy atom. The van der Waals surface area contributed by atoms with Gasteiger partial charge in [0.2, 0.25) is 0 Å². The molecule has 0 aliphatic carbocycles. The minimum absolute atomic E-state index is 0.0888. The van der Waals surface area contributed by atoms with Gasteiger partial charge in [-0.1, -0.05) is 6.07 Å². The summed E-state index contributed by atoms with van der Waals surface area (Å²) >= 11 is 5.49. The van der Waals surface area contributed by atoms with E-state index < -0.39 is 11.9 Å². The van der Waals surface area contributed by atoms with Crippen molar-refractivity contribution in [2.75, 3.05) is 38.1 Å². The molecule has 1 unspecified atom stereocenters. The van der Waals surface area contributed by atoms with Crippen LogP contribution in [0.5, 0.6) is 5.75 Å². The highest BCUT2D eigenvalue weighted by atomic mass is 35.5. The number of benzene rings is 1. The summed E-state index contributed by atoms with van der Waals surface area (Å²) in [5, 5.41) is 12.2. The summed E-state index contributed by atoms with van der Waals surface area (Å²) in [4.78, 5) is 0. The molecule has 108 valence electrons. The Kier molecular flexibility index (Phi) is 7.55. The number of ether oxygens (including phenoxy) is 2. The Balaban J connectivity index is 2.61. The maximum atomic E-state index is 13.7. The van der Waals surface area contributed by atoms with Crippen LogP contribution in [0.3, 0.4) is 0 Å². The quantitative estimate of drug-likeness (QED) is 0.541. The van der Waals surface area contributed by atoms with Gasteiger partial charge in [-0.2, -0.15) is 0 Å². The summed E-state index contributed by atoms with van der Waals surface area (Å²) in [7, 11) is 1.61. The lowest BCUT2D eigenvalue weighted by atomic mass is 10.2. The van der Waals surface area contributed by atoms with Gasteiger partial charge in [0.25, 0.3) is 0 Å². The number of methoxy groups -OCH3 is 1. The highest BCUT2D eigenvalue weighted by Gasteiger charge is 2.11. The second-order valence-electron chi connectivity index (χ2n) is 4.00. The van der Waals surface area contributed by atoms with Crippen LogP contribution in [0.25, 0.3) is 0 Å². The number of rotatable bonds is 9. The fourth-order valence-electron chi connectivity index (χ4n) is 1.46. The van der Waals surface area contributed by atoms with Crippen LogP contribution in [0, 0.1) is 5.82 Å². The number of hydrogen-bond acceptors (Lipinski definition) is 4. The van der Waals surface area contributed by atoms with Crippen LogP contribution in [0.2, 0.25) is 0 Å². The summed E-state index contributed by atoms with van der Waals surface area (Å²) in [5.74, 6) is 0.0785. The van der Waals surface area contributed by atoms with Crippen LogP contribution >= 0.6 is 11.6 Å². The second kappa shape index (κ2) is 8.96. The lowest BCUT2D eigenvalue weighted by Crippen LogP contribution is -2.21. The molecule has 1 atom stereocenters. The van der Waals surface area contributed by atoms with Crippen molar-refractivity contribution < 1.29 is 19.0 Å². The molecule has 0 bridgehead atoms. The van der Waals surface area contributed by atoms with E-state index in [1.54, 1.807) is 19.2 Å². The third-order valence-electron chi connectivity index (χ3n) is 2.42. The minimum atomic E-state index is -0.734. The molecule has 0 aromatic heterocycles. The zero-order valence-electron chi connectivity index (χ0n) is 10.9. The standard InChI is InChI=1S/C13H19ClFNO3/c1-18-6-3-7-19-12-5-2-4-11(15)13(12)16-9-10(17)8-14/h2,4-5,10,16-17H,3,6-9H2,1H3. The number of nitrogens with one attached hydrogen (secondary N) is 1. The van der Waals surface area contributed by atoms with Crippen molar-refractivity contribution in [1.82, 2.24) is 0 Å². The van der Waals surface area contributed by atoms with Gasteiger partial charge in [-0.05, 0) is 12.1 Å². The van der Waals surface area contributed by atoms with Gasteiger partial charge in [-0.3, -0.25) is 0 Å². The highest BCUT2D eigenvalue weighted by Crippen LogP contribution is 2.27. The topological polar surface area (TPSA) is 50.7 Å². The largest absolute Gasteiger partial charge is 0.491 e. The molecule has 0 amide bonds. The van der Waals surface area contributed by atoms with Gasteiger partial charge < -0.3 is 19.9 Å². The maximum Gasteiger partial charge on any atom is 0.150 e. The average Bonchev–Trinajstić information content (AvgIpc) is 2.42. The second-order valence-corrected chi connectivity index (χ2v) is 4.31. The molecule has 2 N–H and O–H groups in total. The first kappa shape index (κ1) is 16.0. The van der Waals surface area contributed by atoms with E-state index in [0.29, 0.717) is 19.0 Å². The first-order valence-corrected chi connectivity index (χ1v) is 6.60. The molecule has 0 heterocycles. The van der Waals surface area contributed by atoms with Crippen molar-refractivity contribution >= 4 is 17.3 Å². The summed E-state index contributed by atoms with van der Waals surface area (Å²) < 4.78 is 24.1. The fourth-order valence-corrected chi connectivity index (χ4v) is 1.57. The van der Waals surface area contributed by atoms with Crippen LogP contribution in [0.15, 0.2) is 18.2 Å². The van der Waals surface area contributed by atoms with E-state index in [0.717, 1.165) is 6.42 Å². The van der Waals surface area contributed by atoms with Crippen molar-refractivity contribution in [3.05, 3.63) is 24.0 Å². The molecule has 0 aliphatic heterocycles. The third-order valence-corrected chi connectivity index (χ3v) is 2.77. The number of para-hydroxylation sites is 1. The van der Waals surface area contributed by atoms with Gasteiger partial charge in [-0.15, -0.1) is 11.6 Å². The number of anilines is 1. The zero-order chi connectivity index (χ0) is 14.1. The Morgan fingerprint density at radius 1 is 1.42 bits per heavy atom. The van der Waals surface area contributed by atoms with E-state index in [4.69, 9.17) is 21.1 Å². The van der Waals surface area contributed by atoms with E-state index in [1.807, 2.05) is 0 Å². The van der Waals surface area contributed by atoms with Crippen molar-refractivity contribution in [3.8, 4) is 5.75 Å². The zero-order valence-corrected chi connectivity index (χ0v) is 11.6. The summed E-state index contributed by atoms with van der Waals surface area (Å²) in [5.41, 5.74) is 0.240. The Morgan fingerprint density at radius 2 is 2.21 bits per heavy atom. The number of aliphatic hydroxyl groups excluding tert-OH is 1. The molecular formula is C13H19ClFNO3. The van der Waals surface area contributed by atoms with E-state index in [1.165, 1.54) is 6.07 Å². The van der Waals surface area contributed by atoms with Gasteiger partial charge >= 0.3 is 0 Å². The smallest absolute Gasteiger partial charge is 0.150 e. The molecule has 0 saturated carbocycles. The molecule has 6 heteroatoms. The predicted octanol–water partition coefficient (Wildman–Crippen LogP) is 2.25. The molecule has 4 nitrogen and oxygen atoms in total. The van der Waals surface area contributed by atoms with Gasteiger partial charge in [0.05, 0.1) is 18.6 Å². The molecule has 0 saturated heterocycles. The van der Waals surface area contributed by atoms with Crippen LogP contribution in [-0.4, -0.2) is 44.0 Å². The number of halogens is 2. The lowest BCUT2D eigenvalue weighted by Gasteiger charge is -2.15. The van der Waals surface area contributed by atoms with Gasteiger partial charge in [0, 0.05) is 26.7 Å². The summed E-state index contributed by atoms with van der Waals surface area (Å²) in [6.45, 7) is 1.19. The van der Waals surface area contributed by atoms with Gasteiger partial charge in [-0.25, -0.2) is 4.39 Å². The number of alkyl halides is 1. The van der Waals surface area contributed by atoms with Crippen molar-refractivity contribution in [1.29, 1.82) is 0 Å². The maximum absolute atomic E-state index is 13.7. The molecule has 1 aromatic rings. The predicted molar refractivity (Wildman–Crippen MR) is 73.6 cm³/mol. The van der Waals surface area contributed by atoms with E-state index in [9.17, 15) is 9.50 Å². The lowest BCUT2D eigenvalue weighted by molar-refractivity contribution is 0.172. The molecule has 0 radical (unpaired) electrons. The minimum Gasteiger partial charge on any atom is -0.491 e. The molecule has 19 heavy (non-hydrogen) atoms. The SMILES string of the molecule is COCCCOc1cccc(F)c1NCC(O)CCl. The van der Waals surface area contributed by atoms with Crippen molar-refractivity contribution in [2.45, 2.75) is 12.5 Å². The van der Waals surface area contributed by atoms with Crippen LogP contribution in [0.4, 0.5) is 10.1 Å². The summed E-state index contributed by atoms with van der Waals surface area (Å²) in [6, 6.07) is 4.58. The van der Waals surface area contributed by atoms with Crippen LogP contribution in [0.1, 0.15) is 6.42 Å². The Hall–Kier alpha value is -1.04. The number of hydrogen-bond donors (Lipinski definition) is 2. The molecule has 0 spiro atoms. The normalized spacial score (nSPS) is 12.2. The monoisotopic (exact) mass is 291 g/mol. The van der Waals surface area contributed by atoms with Crippen LogP contribution < -0.4 is 10.1 Å².